The molecular formula is C13H12FN3O3S. The number of anilines is 1. The van der Waals surface area contributed by atoms with Crippen LogP contribution < -0.4 is 11.1 Å². The molecule has 6 nitrogen and oxygen atoms in total. The van der Waals surface area contributed by atoms with Gasteiger partial charge >= 0.3 is 0 Å². The Morgan fingerprint density at radius 1 is 1.48 bits per heavy atom. The number of hydrogen-bond acceptors (Lipinski definition) is 5. The van der Waals surface area contributed by atoms with Crippen molar-refractivity contribution in [1.29, 1.82) is 0 Å². The third kappa shape index (κ3) is 3.54. The van der Waals surface area contributed by atoms with Crippen LogP contribution in [0.25, 0.3) is 0 Å². The van der Waals surface area contributed by atoms with Gasteiger partial charge in [-0.15, -0.1) is 11.3 Å². The van der Waals surface area contributed by atoms with E-state index < -0.39 is 22.3 Å². The summed E-state index contributed by atoms with van der Waals surface area (Å²) in [6, 6.07) is 5.46. The number of carbonyl (C=O) groups is 1. The maximum atomic E-state index is 13.3. The minimum atomic E-state index is -0.920. The number of halogens is 1. The van der Waals surface area contributed by atoms with Crippen molar-refractivity contribution in [2.45, 2.75) is 6.42 Å². The molecule has 0 radical (unpaired) electrons. The van der Waals surface area contributed by atoms with Crippen molar-refractivity contribution in [1.82, 2.24) is 5.32 Å². The summed E-state index contributed by atoms with van der Waals surface area (Å²) in [5.74, 6) is -1.57. The first-order chi connectivity index (χ1) is 9.99. The second-order valence-corrected chi connectivity index (χ2v) is 5.27. The van der Waals surface area contributed by atoms with Crippen molar-refractivity contribution in [3.05, 3.63) is 56.0 Å². The van der Waals surface area contributed by atoms with Gasteiger partial charge in [0.05, 0.1) is 16.7 Å². The molecule has 1 amide bonds. The number of carbonyl (C=O) groups excluding carboxylic acids is 1. The van der Waals surface area contributed by atoms with Gasteiger partial charge in [0.25, 0.3) is 11.6 Å². The number of nitrogens with two attached hydrogens (primary N) is 1. The molecule has 0 aliphatic heterocycles. The summed E-state index contributed by atoms with van der Waals surface area (Å²) in [5, 5.41) is 15.4. The number of hydrogen-bond donors (Lipinski definition) is 2. The molecular weight excluding hydrogens is 297 g/mol. The molecule has 0 atom stereocenters. The van der Waals surface area contributed by atoms with E-state index in [1.165, 1.54) is 0 Å². The molecule has 0 aliphatic rings. The van der Waals surface area contributed by atoms with E-state index in [0.29, 0.717) is 19.0 Å². The van der Waals surface area contributed by atoms with Crippen molar-refractivity contribution in [3.63, 3.8) is 0 Å². The summed E-state index contributed by atoms with van der Waals surface area (Å²) in [7, 11) is 0. The monoisotopic (exact) mass is 309 g/mol. The van der Waals surface area contributed by atoms with E-state index in [-0.39, 0.29) is 11.3 Å². The van der Waals surface area contributed by atoms with E-state index >= 15 is 0 Å². The van der Waals surface area contributed by atoms with E-state index in [0.717, 1.165) is 10.9 Å². The Labute approximate surface area is 123 Å². The lowest BCUT2D eigenvalue weighted by molar-refractivity contribution is -0.385. The molecule has 8 heteroatoms. The quantitative estimate of drug-likeness (QED) is 0.503. The Hall–Kier alpha value is -2.48. The van der Waals surface area contributed by atoms with Crippen LogP contribution in [0.4, 0.5) is 15.8 Å². The molecule has 3 N–H and O–H groups in total. The van der Waals surface area contributed by atoms with Crippen molar-refractivity contribution < 1.29 is 14.1 Å². The first-order valence-corrected chi connectivity index (χ1v) is 6.91. The summed E-state index contributed by atoms with van der Waals surface area (Å²) in [4.78, 5) is 23.1. The maximum absolute atomic E-state index is 13.3. The molecule has 110 valence electrons. The minimum absolute atomic E-state index is 0.245. The number of thiophene rings is 1. The van der Waals surface area contributed by atoms with E-state index in [9.17, 15) is 19.3 Å². The maximum Gasteiger partial charge on any atom is 0.285 e. The van der Waals surface area contributed by atoms with Gasteiger partial charge in [0.1, 0.15) is 5.56 Å². The minimum Gasteiger partial charge on any atom is -0.396 e. The van der Waals surface area contributed by atoms with Gasteiger partial charge in [0, 0.05) is 11.4 Å². The van der Waals surface area contributed by atoms with Crippen LogP contribution in [-0.4, -0.2) is 17.4 Å². The number of nitro groups is 1. The second kappa shape index (κ2) is 6.31. The zero-order valence-electron chi connectivity index (χ0n) is 10.8. The fraction of sp³-hybridized carbons (Fsp3) is 0.154. The molecule has 0 saturated heterocycles. The van der Waals surface area contributed by atoms with Crippen LogP contribution in [0.15, 0.2) is 29.6 Å². The Bertz CT molecular complexity index is 674. The van der Waals surface area contributed by atoms with Gasteiger partial charge < -0.3 is 11.1 Å². The Morgan fingerprint density at radius 3 is 2.86 bits per heavy atom. The normalized spacial score (nSPS) is 10.3. The highest BCUT2D eigenvalue weighted by atomic mass is 32.1. The molecule has 0 saturated carbocycles. The number of amides is 1. The van der Waals surface area contributed by atoms with Crippen LogP contribution >= 0.6 is 11.3 Å². The Balaban J connectivity index is 2.11. The van der Waals surface area contributed by atoms with E-state index in [4.69, 9.17) is 5.73 Å². The molecule has 2 aromatic rings. The van der Waals surface area contributed by atoms with E-state index in [1.54, 1.807) is 11.3 Å². The third-order valence-electron chi connectivity index (χ3n) is 2.79. The average molecular weight is 309 g/mol. The zero-order valence-corrected chi connectivity index (χ0v) is 11.7. The van der Waals surface area contributed by atoms with Crippen LogP contribution in [-0.2, 0) is 6.42 Å². The predicted octanol–water partition coefficient (Wildman–Crippen LogP) is 2.35. The number of benzene rings is 1. The topological polar surface area (TPSA) is 98.3 Å². The van der Waals surface area contributed by atoms with Gasteiger partial charge in [-0.3, -0.25) is 14.9 Å². The first kappa shape index (κ1) is 14.9. The zero-order chi connectivity index (χ0) is 15.4. The smallest absolute Gasteiger partial charge is 0.285 e. The highest BCUT2D eigenvalue weighted by Gasteiger charge is 2.22. The van der Waals surface area contributed by atoms with Crippen molar-refractivity contribution in [2.24, 2.45) is 0 Å². The number of nitrogen functional groups attached to an aromatic ring is 1. The molecule has 0 spiro atoms. The molecule has 0 bridgehead atoms. The highest BCUT2D eigenvalue weighted by Crippen LogP contribution is 2.24. The van der Waals surface area contributed by atoms with Gasteiger partial charge in [-0.2, -0.15) is 0 Å². The molecule has 0 aliphatic carbocycles. The number of nitrogens with one attached hydrogen (secondary N) is 1. The lowest BCUT2D eigenvalue weighted by atomic mass is 10.1. The van der Waals surface area contributed by atoms with Crippen LogP contribution in [0.2, 0.25) is 0 Å². The first-order valence-electron chi connectivity index (χ1n) is 6.03. The van der Waals surface area contributed by atoms with Crippen molar-refractivity contribution >= 4 is 28.6 Å². The summed E-state index contributed by atoms with van der Waals surface area (Å²) < 4.78 is 13.3. The SMILES string of the molecule is Nc1cc(C(=O)NCCc2cccs2)c([N+](=O)[O-])cc1F. The van der Waals surface area contributed by atoms with Crippen LogP contribution in [0.3, 0.4) is 0 Å². The second-order valence-electron chi connectivity index (χ2n) is 4.23. The van der Waals surface area contributed by atoms with E-state index in [1.807, 2.05) is 17.5 Å². The number of nitro benzene ring substituents is 1. The van der Waals surface area contributed by atoms with Crippen LogP contribution in [0.5, 0.6) is 0 Å². The fourth-order valence-corrected chi connectivity index (χ4v) is 2.47. The van der Waals surface area contributed by atoms with Gasteiger partial charge in [-0.25, -0.2) is 4.39 Å². The van der Waals surface area contributed by atoms with Crippen molar-refractivity contribution in [2.75, 3.05) is 12.3 Å². The standard InChI is InChI=1S/C13H12FN3O3S/c14-10-7-12(17(19)20)9(6-11(10)15)13(18)16-4-3-8-2-1-5-21-8/h1-2,5-7H,3-4,15H2,(H,16,18). The predicted molar refractivity (Wildman–Crippen MR) is 77.8 cm³/mol. The number of rotatable bonds is 5. The molecule has 0 unspecified atom stereocenters. The molecule has 21 heavy (non-hydrogen) atoms. The van der Waals surface area contributed by atoms with Gasteiger partial charge in [0.15, 0.2) is 5.82 Å². The largest absolute Gasteiger partial charge is 0.396 e. The summed E-state index contributed by atoms with van der Waals surface area (Å²) in [6.07, 6.45) is 0.619. The van der Waals surface area contributed by atoms with Crippen LogP contribution in [0, 0.1) is 15.9 Å². The van der Waals surface area contributed by atoms with Gasteiger partial charge in [-0.1, -0.05) is 6.07 Å². The molecule has 1 aromatic heterocycles. The summed E-state index contributed by atoms with van der Waals surface area (Å²) >= 11 is 1.55. The lowest BCUT2D eigenvalue weighted by Crippen LogP contribution is -2.26. The third-order valence-corrected chi connectivity index (χ3v) is 3.73. The fourth-order valence-electron chi connectivity index (χ4n) is 1.76. The lowest BCUT2D eigenvalue weighted by Gasteiger charge is -2.06. The van der Waals surface area contributed by atoms with Crippen molar-refractivity contribution in [3.8, 4) is 0 Å². The number of nitrogens with zero attached hydrogens (tertiary/aromatic N) is 1. The van der Waals surface area contributed by atoms with E-state index in [2.05, 4.69) is 5.32 Å². The summed E-state index contributed by atoms with van der Waals surface area (Å²) in [6.45, 7) is 0.327. The Kier molecular flexibility index (Phi) is 4.49. The van der Waals surface area contributed by atoms with Gasteiger partial charge in [-0.05, 0) is 23.9 Å². The average Bonchev–Trinajstić information content (AvgIpc) is 2.94. The van der Waals surface area contributed by atoms with Gasteiger partial charge in [0.2, 0.25) is 0 Å². The highest BCUT2D eigenvalue weighted by molar-refractivity contribution is 7.09. The molecule has 2 rings (SSSR count). The van der Waals surface area contributed by atoms with Crippen LogP contribution in [0.1, 0.15) is 15.2 Å². The summed E-state index contributed by atoms with van der Waals surface area (Å²) in [5.41, 5.74) is 4.21. The Morgan fingerprint density at radius 2 is 2.24 bits per heavy atom. The molecule has 0 fully saturated rings. The molecule has 1 aromatic carbocycles. The molecule has 1 heterocycles.